The van der Waals surface area contributed by atoms with E-state index in [1.165, 1.54) is 24.8 Å². The van der Waals surface area contributed by atoms with E-state index < -0.39 is 5.60 Å². The molecule has 2 nitrogen and oxygen atoms in total. The molecule has 0 atom stereocenters. The fourth-order valence-corrected chi connectivity index (χ4v) is 0.947. The predicted molar refractivity (Wildman–Crippen MR) is 75.0 cm³/mol. The molecule has 0 aliphatic rings. The number of rotatable bonds is 5. The summed E-state index contributed by atoms with van der Waals surface area (Å²) in [6.07, 6.45) is 6.14. The van der Waals surface area contributed by atoms with Crippen molar-refractivity contribution < 1.29 is 9.53 Å². The number of hydrogen-bond donors (Lipinski definition) is 0. The van der Waals surface area contributed by atoms with E-state index in [0.717, 1.165) is 12.5 Å². The summed E-state index contributed by atoms with van der Waals surface area (Å²) in [6, 6.07) is 0. The van der Waals surface area contributed by atoms with Crippen LogP contribution < -0.4 is 0 Å². The van der Waals surface area contributed by atoms with E-state index in [-0.39, 0.29) is 5.97 Å². The standard InChI is InChI=1S/C8H16.C7H12O2/c1-4-6-7-8(3)5-2;1-5-6(8)9-7(2,3)4/h3-7H2,1-2H3;5H,1H2,2-4H3. The third kappa shape index (κ3) is 17.6. The second-order valence-electron chi connectivity index (χ2n) is 4.94. The van der Waals surface area contributed by atoms with Crippen molar-refractivity contribution in [3.8, 4) is 0 Å². The van der Waals surface area contributed by atoms with Gasteiger partial charge in [0, 0.05) is 6.08 Å². The second kappa shape index (κ2) is 10.1. The predicted octanol–water partition coefficient (Wildman–Crippen LogP) is 4.66. The summed E-state index contributed by atoms with van der Waals surface area (Å²) in [5.74, 6) is -0.373. The fraction of sp³-hybridized carbons (Fsp3) is 0.667. The molecule has 0 radical (unpaired) electrons. The monoisotopic (exact) mass is 240 g/mol. The molecule has 0 bridgehead atoms. The quantitative estimate of drug-likeness (QED) is 0.397. The fourth-order valence-electron chi connectivity index (χ4n) is 0.947. The van der Waals surface area contributed by atoms with Gasteiger partial charge in [0.05, 0.1) is 0 Å². The minimum atomic E-state index is -0.398. The largest absolute Gasteiger partial charge is 0.457 e. The van der Waals surface area contributed by atoms with Gasteiger partial charge in [0.1, 0.15) is 5.60 Å². The molecule has 0 spiro atoms. The lowest BCUT2D eigenvalue weighted by molar-refractivity contribution is -0.148. The molecule has 0 unspecified atom stereocenters. The summed E-state index contributed by atoms with van der Waals surface area (Å²) in [6.45, 7) is 17.0. The molecule has 0 saturated carbocycles. The van der Waals surface area contributed by atoms with Crippen molar-refractivity contribution in [3.05, 3.63) is 24.8 Å². The maximum absolute atomic E-state index is 10.5. The normalized spacial score (nSPS) is 9.94. The summed E-state index contributed by atoms with van der Waals surface area (Å²) in [4.78, 5) is 10.5. The Bertz CT molecular complexity index is 234. The second-order valence-corrected chi connectivity index (χ2v) is 4.94. The molecule has 0 N–H and O–H groups in total. The Morgan fingerprint density at radius 1 is 1.29 bits per heavy atom. The smallest absolute Gasteiger partial charge is 0.330 e. The highest BCUT2D eigenvalue weighted by molar-refractivity contribution is 5.81. The Morgan fingerprint density at radius 2 is 1.82 bits per heavy atom. The molecule has 0 aromatic heterocycles. The van der Waals surface area contributed by atoms with E-state index in [4.69, 9.17) is 4.74 Å². The van der Waals surface area contributed by atoms with Crippen LogP contribution in [0.25, 0.3) is 0 Å². The molecule has 0 amide bonds. The van der Waals surface area contributed by atoms with Crippen LogP contribution in [-0.4, -0.2) is 11.6 Å². The zero-order valence-electron chi connectivity index (χ0n) is 12.1. The summed E-state index contributed by atoms with van der Waals surface area (Å²) in [7, 11) is 0. The summed E-state index contributed by atoms with van der Waals surface area (Å²) in [5.41, 5.74) is 0.998. The molecule has 0 aliphatic carbocycles. The molecule has 17 heavy (non-hydrogen) atoms. The molecule has 0 fully saturated rings. The molecule has 2 heteroatoms. The number of esters is 1. The van der Waals surface area contributed by atoms with Crippen LogP contribution in [0, 0.1) is 0 Å². The zero-order chi connectivity index (χ0) is 13.9. The Hall–Kier alpha value is -1.05. The number of unbranched alkanes of at least 4 members (excludes halogenated alkanes) is 1. The van der Waals surface area contributed by atoms with Gasteiger partial charge in [0.15, 0.2) is 0 Å². The number of carbonyl (C=O) groups excluding carboxylic acids is 1. The van der Waals surface area contributed by atoms with Crippen LogP contribution in [0.3, 0.4) is 0 Å². The first-order valence-corrected chi connectivity index (χ1v) is 6.28. The van der Waals surface area contributed by atoms with E-state index in [0.29, 0.717) is 0 Å². The first-order chi connectivity index (χ1) is 7.76. The van der Waals surface area contributed by atoms with Crippen LogP contribution in [-0.2, 0) is 9.53 Å². The number of hydrogen-bond acceptors (Lipinski definition) is 2. The molecule has 0 aromatic carbocycles. The molecule has 0 rings (SSSR count). The Labute approximate surface area is 107 Å². The Balaban J connectivity index is 0. The first kappa shape index (κ1) is 18.3. The third-order valence-electron chi connectivity index (χ3n) is 1.96. The van der Waals surface area contributed by atoms with Gasteiger partial charge >= 0.3 is 5.97 Å². The first-order valence-electron chi connectivity index (χ1n) is 6.28. The van der Waals surface area contributed by atoms with Crippen molar-refractivity contribution in [1.29, 1.82) is 0 Å². The van der Waals surface area contributed by atoms with Gasteiger partial charge in [-0.05, 0) is 40.0 Å². The van der Waals surface area contributed by atoms with E-state index in [2.05, 4.69) is 27.0 Å². The van der Waals surface area contributed by atoms with Crippen molar-refractivity contribution >= 4 is 5.97 Å². The van der Waals surface area contributed by atoms with Crippen LogP contribution >= 0.6 is 0 Å². The number of ether oxygens (including phenoxy) is 1. The van der Waals surface area contributed by atoms with Gasteiger partial charge in [-0.2, -0.15) is 0 Å². The average molecular weight is 240 g/mol. The SMILES string of the molecule is C=C(CC)CCCC.C=CC(=O)OC(C)(C)C. The van der Waals surface area contributed by atoms with Gasteiger partial charge in [-0.1, -0.05) is 39.0 Å². The van der Waals surface area contributed by atoms with Crippen LogP contribution in [0.5, 0.6) is 0 Å². The van der Waals surface area contributed by atoms with E-state index in [9.17, 15) is 4.79 Å². The van der Waals surface area contributed by atoms with E-state index in [1.54, 1.807) is 0 Å². The molecule has 0 aliphatic heterocycles. The van der Waals surface area contributed by atoms with Gasteiger partial charge in [0.2, 0.25) is 0 Å². The van der Waals surface area contributed by atoms with Crippen molar-refractivity contribution in [2.75, 3.05) is 0 Å². The molecule has 0 aromatic rings. The summed E-state index contributed by atoms with van der Waals surface area (Å²) >= 11 is 0. The lowest BCUT2D eigenvalue weighted by atomic mass is 10.1. The molecular formula is C15H28O2. The highest BCUT2D eigenvalue weighted by Crippen LogP contribution is 2.07. The lowest BCUT2D eigenvalue weighted by Crippen LogP contribution is -2.22. The van der Waals surface area contributed by atoms with Gasteiger partial charge in [-0.15, -0.1) is 0 Å². The third-order valence-corrected chi connectivity index (χ3v) is 1.96. The van der Waals surface area contributed by atoms with Gasteiger partial charge in [0.25, 0.3) is 0 Å². The summed E-state index contributed by atoms with van der Waals surface area (Å²) < 4.78 is 4.83. The average Bonchev–Trinajstić information content (AvgIpc) is 2.24. The maximum Gasteiger partial charge on any atom is 0.330 e. The molecule has 0 heterocycles. The molecular weight excluding hydrogens is 212 g/mol. The van der Waals surface area contributed by atoms with Crippen LogP contribution in [0.1, 0.15) is 60.3 Å². The Morgan fingerprint density at radius 3 is 2.06 bits per heavy atom. The van der Waals surface area contributed by atoms with Crippen LogP contribution in [0.2, 0.25) is 0 Å². The Kier molecular flexibility index (Phi) is 10.9. The molecule has 100 valence electrons. The minimum absolute atomic E-state index is 0.373. The maximum atomic E-state index is 10.5. The highest BCUT2D eigenvalue weighted by atomic mass is 16.6. The number of carbonyl (C=O) groups is 1. The highest BCUT2D eigenvalue weighted by Gasteiger charge is 2.12. The topological polar surface area (TPSA) is 26.3 Å². The van der Waals surface area contributed by atoms with Crippen LogP contribution in [0.4, 0.5) is 0 Å². The zero-order valence-corrected chi connectivity index (χ0v) is 12.1. The lowest BCUT2D eigenvalue weighted by Gasteiger charge is -2.17. The van der Waals surface area contributed by atoms with E-state index >= 15 is 0 Å². The summed E-state index contributed by atoms with van der Waals surface area (Å²) in [5, 5.41) is 0. The van der Waals surface area contributed by atoms with Crippen molar-refractivity contribution in [2.45, 2.75) is 65.9 Å². The van der Waals surface area contributed by atoms with Crippen molar-refractivity contribution in [3.63, 3.8) is 0 Å². The number of allylic oxidation sites excluding steroid dienone is 1. The van der Waals surface area contributed by atoms with Crippen LogP contribution in [0.15, 0.2) is 24.8 Å². The van der Waals surface area contributed by atoms with Crippen molar-refractivity contribution in [2.24, 2.45) is 0 Å². The van der Waals surface area contributed by atoms with E-state index in [1.807, 2.05) is 20.8 Å². The van der Waals surface area contributed by atoms with Crippen molar-refractivity contribution in [1.82, 2.24) is 0 Å². The van der Waals surface area contributed by atoms with Gasteiger partial charge in [-0.25, -0.2) is 4.79 Å². The van der Waals surface area contributed by atoms with Gasteiger partial charge < -0.3 is 4.74 Å². The molecule has 0 saturated heterocycles. The van der Waals surface area contributed by atoms with Gasteiger partial charge in [-0.3, -0.25) is 0 Å². The minimum Gasteiger partial charge on any atom is -0.457 e.